The maximum atomic E-state index is 11.9. The van der Waals surface area contributed by atoms with Crippen LogP contribution >= 0.6 is 22.6 Å². The first-order chi connectivity index (χ1) is 23.3. The molecule has 0 atom stereocenters. The SMILES string of the molecule is CCCCCCCCCCCCCCCCCC(=O)OCCOCCOCCOCCOCCOCCOCCOCCOCCI. The van der Waals surface area contributed by atoms with Crippen molar-refractivity contribution in [1.29, 1.82) is 0 Å². The summed E-state index contributed by atoms with van der Waals surface area (Å²) < 4.78 is 49.8. The molecular formula is C36H71IO10. The molecule has 0 saturated carbocycles. The monoisotopic (exact) mass is 790 g/mol. The third-order valence-electron chi connectivity index (χ3n) is 7.30. The molecule has 11 heteroatoms. The third kappa shape index (κ3) is 43.9. The summed E-state index contributed by atoms with van der Waals surface area (Å²) in [5.74, 6) is -0.125. The zero-order valence-corrected chi connectivity index (χ0v) is 32.2. The van der Waals surface area contributed by atoms with Gasteiger partial charge < -0.3 is 42.6 Å². The fraction of sp³-hybridized carbons (Fsp3) is 0.972. The van der Waals surface area contributed by atoms with Crippen LogP contribution in [0.4, 0.5) is 0 Å². The van der Waals surface area contributed by atoms with E-state index >= 15 is 0 Å². The molecule has 0 aliphatic carbocycles. The normalized spacial score (nSPS) is 11.4. The van der Waals surface area contributed by atoms with Crippen LogP contribution in [0.5, 0.6) is 0 Å². The topological polar surface area (TPSA) is 100 Å². The van der Waals surface area contributed by atoms with Gasteiger partial charge in [-0.15, -0.1) is 0 Å². The van der Waals surface area contributed by atoms with E-state index in [2.05, 4.69) is 29.5 Å². The zero-order valence-electron chi connectivity index (χ0n) is 30.0. The van der Waals surface area contributed by atoms with Gasteiger partial charge in [-0.25, -0.2) is 0 Å². The molecule has 0 heterocycles. The molecular weight excluding hydrogens is 719 g/mol. The Bertz CT molecular complexity index is 588. The van der Waals surface area contributed by atoms with Gasteiger partial charge in [-0.3, -0.25) is 4.79 Å². The second kappa shape index (κ2) is 43.9. The van der Waals surface area contributed by atoms with Crippen molar-refractivity contribution in [3.63, 3.8) is 0 Å². The van der Waals surface area contributed by atoms with Gasteiger partial charge in [0.05, 0.1) is 106 Å². The van der Waals surface area contributed by atoms with Gasteiger partial charge in [-0.1, -0.05) is 119 Å². The first-order valence-corrected chi connectivity index (χ1v) is 20.2. The average Bonchev–Trinajstić information content (AvgIpc) is 3.08. The predicted octanol–water partition coefficient (Wildman–Crippen LogP) is 7.36. The molecule has 0 unspecified atom stereocenters. The minimum absolute atomic E-state index is 0.125. The zero-order chi connectivity index (χ0) is 34.0. The molecule has 0 spiro atoms. The Hall–Kier alpha value is -0.120. The Morgan fingerprint density at radius 1 is 0.362 bits per heavy atom. The van der Waals surface area contributed by atoms with Crippen molar-refractivity contribution in [2.75, 3.05) is 117 Å². The summed E-state index contributed by atoms with van der Waals surface area (Å²) in [7, 11) is 0. The lowest BCUT2D eigenvalue weighted by Crippen LogP contribution is -2.15. The van der Waals surface area contributed by atoms with Crippen LogP contribution in [0, 0.1) is 0 Å². The van der Waals surface area contributed by atoms with Gasteiger partial charge in [-0.2, -0.15) is 0 Å². The Balaban J connectivity index is 3.13. The highest BCUT2D eigenvalue weighted by atomic mass is 127. The Morgan fingerprint density at radius 3 is 0.915 bits per heavy atom. The highest BCUT2D eigenvalue weighted by Gasteiger charge is 2.03. The van der Waals surface area contributed by atoms with Crippen molar-refractivity contribution >= 4 is 28.6 Å². The fourth-order valence-electron chi connectivity index (χ4n) is 4.62. The van der Waals surface area contributed by atoms with Crippen LogP contribution in [-0.4, -0.2) is 123 Å². The highest BCUT2D eigenvalue weighted by Crippen LogP contribution is 2.13. The number of halogens is 1. The quantitative estimate of drug-likeness (QED) is 0.0270. The standard InChI is InChI=1S/C36H71IO10/c1-2-3-4-5-6-7-8-9-10-11-12-13-14-15-16-17-36(38)47-35-34-46-33-32-45-31-30-44-29-28-43-27-26-42-25-24-41-23-22-40-21-20-39-19-18-37/h2-35H2,1H3. The van der Waals surface area contributed by atoms with Crippen LogP contribution in [0.2, 0.25) is 0 Å². The van der Waals surface area contributed by atoms with Crippen LogP contribution in [0.25, 0.3) is 0 Å². The molecule has 47 heavy (non-hydrogen) atoms. The van der Waals surface area contributed by atoms with Gasteiger partial charge in [-0.05, 0) is 6.42 Å². The van der Waals surface area contributed by atoms with Gasteiger partial charge in [0, 0.05) is 10.8 Å². The van der Waals surface area contributed by atoms with Gasteiger partial charge in [0.25, 0.3) is 0 Å². The van der Waals surface area contributed by atoms with Gasteiger partial charge in [0.15, 0.2) is 0 Å². The van der Waals surface area contributed by atoms with Crippen LogP contribution < -0.4 is 0 Å². The number of alkyl halides is 1. The number of hydrogen-bond acceptors (Lipinski definition) is 10. The fourth-order valence-corrected chi connectivity index (χ4v) is 4.93. The largest absolute Gasteiger partial charge is 0.463 e. The van der Waals surface area contributed by atoms with Crippen molar-refractivity contribution in [3.8, 4) is 0 Å². The first-order valence-electron chi connectivity index (χ1n) is 18.6. The van der Waals surface area contributed by atoms with E-state index in [1.165, 1.54) is 83.5 Å². The smallest absolute Gasteiger partial charge is 0.305 e. The number of carbonyl (C=O) groups excluding carboxylic acids is 1. The van der Waals surface area contributed by atoms with E-state index in [4.69, 9.17) is 42.6 Å². The molecule has 0 aliphatic heterocycles. The molecule has 10 nitrogen and oxygen atoms in total. The second-order valence-corrected chi connectivity index (χ2v) is 12.6. The van der Waals surface area contributed by atoms with Gasteiger partial charge in [0.2, 0.25) is 0 Å². The van der Waals surface area contributed by atoms with Crippen molar-refractivity contribution in [2.24, 2.45) is 0 Å². The maximum absolute atomic E-state index is 11.9. The van der Waals surface area contributed by atoms with E-state index < -0.39 is 0 Å². The van der Waals surface area contributed by atoms with Crippen molar-refractivity contribution in [1.82, 2.24) is 0 Å². The molecule has 0 amide bonds. The minimum atomic E-state index is -0.125. The molecule has 0 aromatic rings. The minimum Gasteiger partial charge on any atom is -0.463 e. The van der Waals surface area contributed by atoms with Crippen molar-refractivity contribution in [3.05, 3.63) is 0 Å². The lowest BCUT2D eigenvalue weighted by Gasteiger charge is -2.09. The summed E-state index contributed by atoms with van der Waals surface area (Å²) in [6.45, 7) is 11.2. The molecule has 0 N–H and O–H groups in total. The lowest BCUT2D eigenvalue weighted by atomic mass is 10.0. The Morgan fingerprint density at radius 2 is 0.617 bits per heavy atom. The summed E-state index contributed by atoms with van der Waals surface area (Å²) >= 11 is 2.28. The van der Waals surface area contributed by atoms with Crippen molar-refractivity contribution in [2.45, 2.75) is 110 Å². The molecule has 0 rings (SSSR count). The summed E-state index contributed by atoms with van der Waals surface area (Å²) in [6, 6.07) is 0. The van der Waals surface area contributed by atoms with Gasteiger partial charge >= 0.3 is 5.97 Å². The summed E-state index contributed by atoms with van der Waals surface area (Å²) in [4.78, 5) is 11.9. The summed E-state index contributed by atoms with van der Waals surface area (Å²) in [5.41, 5.74) is 0. The number of unbranched alkanes of at least 4 members (excludes halogenated alkanes) is 14. The number of esters is 1. The molecule has 0 aromatic heterocycles. The van der Waals surface area contributed by atoms with Crippen LogP contribution in [0.1, 0.15) is 110 Å². The second-order valence-electron chi connectivity index (χ2n) is 11.5. The number of rotatable bonds is 42. The predicted molar refractivity (Wildman–Crippen MR) is 196 cm³/mol. The molecule has 0 saturated heterocycles. The Labute approximate surface area is 301 Å². The van der Waals surface area contributed by atoms with E-state index in [-0.39, 0.29) is 5.97 Å². The van der Waals surface area contributed by atoms with E-state index in [9.17, 15) is 4.79 Å². The molecule has 0 radical (unpaired) electrons. The summed E-state index contributed by atoms with van der Waals surface area (Å²) in [6.07, 6.45) is 20.3. The molecule has 0 aliphatic rings. The third-order valence-corrected chi connectivity index (χ3v) is 7.74. The number of hydrogen-bond donors (Lipinski definition) is 0. The van der Waals surface area contributed by atoms with E-state index in [1.807, 2.05) is 0 Å². The van der Waals surface area contributed by atoms with Crippen LogP contribution in [0.3, 0.4) is 0 Å². The lowest BCUT2D eigenvalue weighted by molar-refractivity contribution is -0.145. The van der Waals surface area contributed by atoms with E-state index in [0.717, 1.165) is 23.9 Å². The van der Waals surface area contributed by atoms with E-state index in [1.54, 1.807) is 0 Å². The van der Waals surface area contributed by atoms with E-state index in [0.29, 0.717) is 112 Å². The number of ether oxygens (including phenoxy) is 9. The van der Waals surface area contributed by atoms with Crippen LogP contribution in [0.15, 0.2) is 0 Å². The van der Waals surface area contributed by atoms with Crippen LogP contribution in [-0.2, 0) is 47.4 Å². The summed E-state index contributed by atoms with van der Waals surface area (Å²) in [5, 5.41) is 0. The molecule has 0 fully saturated rings. The molecule has 282 valence electrons. The average molecular weight is 791 g/mol. The van der Waals surface area contributed by atoms with Gasteiger partial charge in [0.1, 0.15) is 6.61 Å². The number of carbonyl (C=O) groups is 1. The van der Waals surface area contributed by atoms with Crippen molar-refractivity contribution < 1.29 is 47.4 Å². The maximum Gasteiger partial charge on any atom is 0.305 e. The Kier molecular flexibility index (Phi) is 43.8. The molecule has 0 aromatic carbocycles. The first kappa shape index (κ1) is 46.9. The highest BCUT2D eigenvalue weighted by molar-refractivity contribution is 14.1. The molecule has 0 bridgehead atoms.